The van der Waals surface area contributed by atoms with Crippen LogP contribution in [0.1, 0.15) is 55.5 Å². The second-order valence-corrected chi connectivity index (χ2v) is 9.69. The van der Waals surface area contributed by atoms with Crippen molar-refractivity contribution in [3.05, 3.63) is 65.0 Å². The van der Waals surface area contributed by atoms with Gasteiger partial charge in [0, 0.05) is 36.8 Å². The molecule has 0 atom stereocenters. The Hall–Kier alpha value is -3.36. The highest BCUT2D eigenvalue weighted by Crippen LogP contribution is 2.32. The Labute approximate surface area is 201 Å². The number of rotatable bonds is 7. The van der Waals surface area contributed by atoms with Crippen LogP contribution in [0.25, 0.3) is 11.0 Å². The molecule has 0 aliphatic carbocycles. The Balaban J connectivity index is 1.55. The van der Waals surface area contributed by atoms with E-state index in [1.54, 1.807) is 24.9 Å². The topological polar surface area (TPSA) is 75.4 Å². The van der Waals surface area contributed by atoms with Crippen LogP contribution in [0.4, 0.5) is 13.2 Å². The van der Waals surface area contributed by atoms with Gasteiger partial charge in [0.05, 0.1) is 17.5 Å². The van der Waals surface area contributed by atoms with Crippen molar-refractivity contribution in [3.8, 4) is 0 Å². The summed E-state index contributed by atoms with van der Waals surface area (Å²) in [4.78, 5) is 30.5. The van der Waals surface area contributed by atoms with Crippen molar-refractivity contribution >= 4 is 22.9 Å². The number of nitrogens with zero attached hydrogens (tertiary/aromatic N) is 3. The van der Waals surface area contributed by atoms with E-state index in [2.05, 4.69) is 4.98 Å². The predicted molar refractivity (Wildman–Crippen MR) is 125 cm³/mol. The molecule has 0 radical (unpaired) electrons. The fourth-order valence-corrected chi connectivity index (χ4v) is 4.57. The van der Waals surface area contributed by atoms with Gasteiger partial charge in [-0.15, -0.1) is 0 Å². The number of halogens is 3. The third-order valence-electron chi connectivity index (χ3n) is 6.76. The van der Waals surface area contributed by atoms with E-state index in [0.717, 1.165) is 34.4 Å². The number of amides is 1. The molecule has 3 heterocycles. The lowest BCUT2D eigenvalue weighted by atomic mass is 9.87. The number of hydrogen-bond donors (Lipinski definition) is 1. The lowest BCUT2D eigenvalue weighted by Crippen LogP contribution is -2.36. The van der Waals surface area contributed by atoms with Gasteiger partial charge in [-0.1, -0.05) is 12.1 Å². The van der Waals surface area contributed by atoms with E-state index in [0.29, 0.717) is 44.5 Å². The van der Waals surface area contributed by atoms with Gasteiger partial charge in [0.1, 0.15) is 5.65 Å². The molecule has 1 aliphatic rings. The average Bonchev–Trinajstić information content (AvgIpc) is 3.11. The quantitative estimate of drug-likeness (QED) is 0.493. The standard InChI is InChI=1S/C26H28F3N3O3/c1-25(2,24(34)35)12-3-6-22(33)31-14-11-19-20-5-4-13-30-23(20)32(21(19)16-31)15-17-7-9-18(10-8-17)26(27,28)29/h4-5,7-10,13H,3,6,11-12,14-16H2,1-2H3,(H,34,35). The number of carboxylic acids is 1. The maximum absolute atomic E-state index is 13.0. The molecule has 1 aromatic carbocycles. The van der Waals surface area contributed by atoms with E-state index in [9.17, 15) is 27.9 Å². The predicted octanol–water partition coefficient (Wildman–Crippen LogP) is 5.27. The third kappa shape index (κ3) is 5.18. The zero-order chi connectivity index (χ0) is 25.4. The number of benzene rings is 1. The molecule has 1 aliphatic heterocycles. The SMILES string of the molecule is CC(C)(CCCC(=O)N1CCc2c(n(Cc3ccc(C(F)(F)F)cc3)c3ncccc23)C1)C(=O)O. The molecular formula is C26H28F3N3O3. The highest BCUT2D eigenvalue weighted by atomic mass is 19.4. The fraction of sp³-hybridized carbons (Fsp3) is 0.423. The van der Waals surface area contributed by atoms with Crippen molar-refractivity contribution in [2.45, 2.75) is 58.8 Å². The molecule has 0 fully saturated rings. The first kappa shape index (κ1) is 24.8. The van der Waals surface area contributed by atoms with Gasteiger partial charge in [0.15, 0.2) is 0 Å². The van der Waals surface area contributed by atoms with E-state index in [-0.39, 0.29) is 12.3 Å². The number of hydrogen-bond acceptors (Lipinski definition) is 3. The molecule has 1 amide bonds. The van der Waals surface area contributed by atoms with Gasteiger partial charge in [0.2, 0.25) is 5.91 Å². The van der Waals surface area contributed by atoms with Crippen LogP contribution in [0.5, 0.6) is 0 Å². The first-order valence-electron chi connectivity index (χ1n) is 11.6. The maximum atomic E-state index is 13.0. The van der Waals surface area contributed by atoms with E-state index in [4.69, 9.17) is 0 Å². The first-order chi connectivity index (χ1) is 16.5. The van der Waals surface area contributed by atoms with Crippen LogP contribution < -0.4 is 0 Å². The molecule has 0 spiro atoms. The summed E-state index contributed by atoms with van der Waals surface area (Å²) >= 11 is 0. The summed E-state index contributed by atoms with van der Waals surface area (Å²) in [5.41, 5.74) is 1.93. The molecule has 1 N–H and O–H groups in total. The molecule has 0 saturated carbocycles. The van der Waals surface area contributed by atoms with Crippen molar-refractivity contribution < 1.29 is 27.9 Å². The number of alkyl halides is 3. The van der Waals surface area contributed by atoms with Gasteiger partial charge < -0.3 is 14.6 Å². The van der Waals surface area contributed by atoms with Crippen molar-refractivity contribution in [1.29, 1.82) is 0 Å². The number of carbonyl (C=O) groups excluding carboxylic acids is 1. The molecule has 9 heteroatoms. The van der Waals surface area contributed by atoms with Crippen LogP contribution in [0.2, 0.25) is 0 Å². The molecule has 6 nitrogen and oxygen atoms in total. The molecule has 0 unspecified atom stereocenters. The minimum atomic E-state index is -4.39. The smallest absolute Gasteiger partial charge is 0.416 e. The molecule has 0 saturated heterocycles. The monoisotopic (exact) mass is 487 g/mol. The zero-order valence-corrected chi connectivity index (χ0v) is 19.7. The van der Waals surface area contributed by atoms with Crippen LogP contribution >= 0.6 is 0 Å². The fourth-order valence-electron chi connectivity index (χ4n) is 4.57. The van der Waals surface area contributed by atoms with Crippen LogP contribution in [0, 0.1) is 5.41 Å². The van der Waals surface area contributed by atoms with Gasteiger partial charge in [-0.2, -0.15) is 13.2 Å². The molecule has 35 heavy (non-hydrogen) atoms. The summed E-state index contributed by atoms with van der Waals surface area (Å²) in [5.74, 6) is -0.913. The van der Waals surface area contributed by atoms with Crippen molar-refractivity contribution in [2.75, 3.05) is 6.54 Å². The van der Waals surface area contributed by atoms with Crippen LogP contribution in [0.15, 0.2) is 42.6 Å². The van der Waals surface area contributed by atoms with Gasteiger partial charge in [0.25, 0.3) is 0 Å². The average molecular weight is 488 g/mol. The first-order valence-corrected chi connectivity index (χ1v) is 11.6. The number of pyridine rings is 1. The van der Waals surface area contributed by atoms with Crippen molar-refractivity contribution in [3.63, 3.8) is 0 Å². The number of carboxylic acid groups (broad SMARTS) is 1. The number of fused-ring (bicyclic) bond motifs is 3. The van der Waals surface area contributed by atoms with E-state index >= 15 is 0 Å². The number of carbonyl (C=O) groups is 2. The van der Waals surface area contributed by atoms with Crippen LogP contribution in [-0.4, -0.2) is 38.0 Å². The Kier molecular flexibility index (Phi) is 6.62. The van der Waals surface area contributed by atoms with Gasteiger partial charge in [-0.05, 0) is 68.5 Å². The second kappa shape index (κ2) is 9.36. The molecule has 4 rings (SSSR count). The van der Waals surface area contributed by atoms with Gasteiger partial charge in [-0.3, -0.25) is 9.59 Å². The lowest BCUT2D eigenvalue weighted by molar-refractivity contribution is -0.147. The van der Waals surface area contributed by atoms with E-state index in [1.165, 1.54) is 12.1 Å². The van der Waals surface area contributed by atoms with E-state index in [1.807, 2.05) is 16.7 Å². The molecule has 0 bridgehead atoms. The van der Waals surface area contributed by atoms with Crippen molar-refractivity contribution in [2.24, 2.45) is 5.41 Å². The summed E-state index contributed by atoms with van der Waals surface area (Å²) in [7, 11) is 0. The number of aromatic nitrogens is 2. The van der Waals surface area contributed by atoms with Crippen LogP contribution in [0.3, 0.4) is 0 Å². The Morgan fingerprint density at radius 1 is 1.11 bits per heavy atom. The highest BCUT2D eigenvalue weighted by Gasteiger charge is 2.31. The normalized spacial score (nSPS) is 14.3. The van der Waals surface area contributed by atoms with E-state index < -0.39 is 23.1 Å². The third-order valence-corrected chi connectivity index (χ3v) is 6.76. The molecular weight excluding hydrogens is 459 g/mol. The van der Waals surface area contributed by atoms with Gasteiger partial charge in [-0.25, -0.2) is 4.98 Å². The molecule has 3 aromatic rings. The maximum Gasteiger partial charge on any atom is 0.416 e. The summed E-state index contributed by atoms with van der Waals surface area (Å²) in [6.45, 7) is 4.59. The summed E-state index contributed by atoms with van der Waals surface area (Å²) in [5, 5.41) is 10.3. The molecule has 186 valence electrons. The highest BCUT2D eigenvalue weighted by molar-refractivity contribution is 5.84. The summed E-state index contributed by atoms with van der Waals surface area (Å²) in [6, 6.07) is 8.94. The lowest BCUT2D eigenvalue weighted by Gasteiger charge is -2.29. The zero-order valence-electron chi connectivity index (χ0n) is 19.7. The minimum Gasteiger partial charge on any atom is -0.481 e. The Bertz CT molecular complexity index is 1250. The summed E-state index contributed by atoms with van der Waals surface area (Å²) in [6.07, 6.45) is -0.889. The minimum absolute atomic E-state index is 0.0314. The molecule has 2 aromatic heterocycles. The second-order valence-electron chi connectivity index (χ2n) is 9.69. The largest absolute Gasteiger partial charge is 0.481 e. The summed E-state index contributed by atoms with van der Waals surface area (Å²) < 4.78 is 40.9. The Morgan fingerprint density at radius 2 is 1.83 bits per heavy atom. The van der Waals surface area contributed by atoms with Crippen LogP contribution in [-0.2, 0) is 35.3 Å². The Morgan fingerprint density at radius 3 is 2.49 bits per heavy atom. The van der Waals surface area contributed by atoms with Gasteiger partial charge >= 0.3 is 12.1 Å². The number of aliphatic carboxylic acids is 1. The van der Waals surface area contributed by atoms with Crippen molar-refractivity contribution in [1.82, 2.24) is 14.5 Å².